The van der Waals surface area contributed by atoms with Crippen molar-refractivity contribution in [3.05, 3.63) is 29.6 Å². The van der Waals surface area contributed by atoms with Crippen LogP contribution < -0.4 is 5.32 Å². The summed E-state index contributed by atoms with van der Waals surface area (Å²) in [6.07, 6.45) is 3.57. The van der Waals surface area contributed by atoms with Gasteiger partial charge in [-0.2, -0.15) is 0 Å². The average Bonchev–Trinajstić information content (AvgIpc) is 2.78. The minimum atomic E-state index is -0.727. The molecule has 5 heteroatoms. The van der Waals surface area contributed by atoms with Gasteiger partial charge in [0, 0.05) is 5.88 Å². The Bertz CT molecular complexity index is 438. The minimum Gasteiger partial charge on any atom is -0.507 e. The van der Waals surface area contributed by atoms with Gasteiger partial charge in [-0.05, 0) is 25.0 Å². The Morgan fingerprint density at radius 2 is 2.11 bits per heavy atom. The van der Waals surface area contributed by atoms with E-state index < -0.39 is 17.3 Å². The van der Waals surface area contributed by atoms with E-state index in [9.17, 15) is 14.3 Å². The molecule has 1 aliphatic rings. The molecule has 1 saturated carbocycles. The smallest absolute Gasteiger partial charge is 0.258 e. The standard InChI is InChI=1S/C13H15ClFNO2/c14-8-13(6-1-2-7-13)16-12(18)11-9(15)4-3-5-10(11)17/h3-5,17H,1-2,6-8H2,(H,16,18). The number of rotatable bonds is 3. The highest BCUT2D eigenvalue weighted by Gasteiger charge is 2.35. The van der Waals surface area contributed by atoms with Gasteiger partial charge in [0.15, 0.2) is 0 Å². The summed E-state index contributed by atoms with van der Waals surface area (Å²) in [5, 5.41) is 12.3. The van der Waals surface area contributed by atoms with Crippen molar-refractivity contribution in [3.63, 3.8) is 0 Å². The van der Waals surface area contributed by atoms with Gasteiger partial charge in [0.05, 0.1) is 5.54 Å². The summed E-state index contributed by atoms with van der Waals surface area (Å²) in [4.78, 5) is 12.0. The second-order valence-corrected chi connectivity index (χ2v) is 4.98. The fourth-order valence-corrected chi connectivity index (χ4v) is 2.72. The van der Waals surface area contributed by atoms with E-state index in [1.54, 1.807) is 0 Å². The van der Waals surface area contributed by atoms with E-state index in [4.69, 9.17) is 11.6 Å². The molecule has 0 heterocycles. The molecule has 0 radical (unpaired) electrons. The molecule has 1 amide bonds. The van der Waals surface area contributed by atoms with Gasteiger partial charge in [-0.1, -0.05) is 18.9 Å². The number of aromatic hydroxyl groups is 1. The summed E-state index contributed by atoms with van der Waals surface area (Å²) in [6.45, 7) is 0. The highest BCUT2D eigenvalue weighted by molar-refractivity contribution is 6.19. The van der Waals surface area contributed by atoms with Gasteiger partial charge in [0.1, 0.15) is 17.1 Å². The third-order valence-corrected chi connectivity index (χ3v) is 3.93. The Labute approximate surface area is 110 Å². The van der Waals surface area contributed by atoms with Crippen molar-refractivity contribution < 1.29 is 14.3 Å². The molecule has 0 bridgehead atoms. The summed E-state index contributed by atoms with van der Waals surface area (Å²) in [5.74, 6) is -1.38. The Balaban J connectivity index is 2.22. The molecule has 0 aromatic heterocycles. The fraction of sp³-hybridized carbons (Fsp3) is 0.462. The fourth-order valence-electron chi connectivity index (χ4n) is 2.38. The van der Waals surface area contributed by atoms with Gasteiger partial charge in [-0.15, -0.1) is 11.6 Å². The van der Waals surface area contributed by atoms with Gasteiger partial charge in [0.25, 0.3) is 5.91 Å². The van der Waals surface area contributed by atoms with Crippen molar-refractivity contribution in [2.45, 2.75) is 31.2 Å². The van der Waals surface area contributed by atoms with E-state index in [1.165, 1.54) is 12.1 Å². The summed E-state index contributed by atoms with van der Waals surface area (Å²) < 4.78 is 13.5. The maximum atomic E-state index is 13.5. The largest absolute Gasteiger partial charge is 0.507 e. The molecule has 1 aromatic rings. The van der Waals surface area contributed by atoms with E-state index in [1.807, 2.05) is 0 Å². The van der Waals surface area contributed by atoms with Gasteiger partial charge in [-0.25, -0.2) is 4.39 Å². The van der Waals surface area contributed by atoms with Crippen molar-refractivity contribution in [3.8, 4) is 5.75 Å². The molecule has 2 N–H and O–H groups in total. The van der Waals surface area contributed by atoms with E-state index in [0.717, 1.165) is 31.7 Å². The van der Waals surface area contributed by atoms with Crippen LogP contribution in [0.25, 0.3) is 0 Å². The SMILES string of the molecule is O=C(NC1(CCl)CCCC1)c1c(O)cccc1F. The molecule has 98 valence electrons. The molecule has 18 heavy (non-hydrogen) atoms. The first-order chi connectivity index (χ1) is 8.58. The number of amides is 1. The molecule has 0 unspecified atom stereocenters. The lowest BCUT2D eigenvalue weighted by Crippen LogP contribution is -2.48. The number of hydrogen-bond donors (Lipinski definition) is 2. The highest BCUT2D eigenvalue weighted by Crippen LogP contribution is 2.31. The van der Waals surface area contributed by atoms with Crippen LogP contribution in [0.15, 0.2) is 18.2 Å². The molecular formula is C13H15ClFNO2. The number of carbonyl (C=O) groups is 1. The van der Waals surface area contributed by atoms with Crippen LogP contribution in [0.5, 0.6) is 5.75 Å². The molecule has 1 aliphatic carbocycles. The molecule has 1 aromatic carbocycles. The zero-order chi connectivity index (χ0) is 13.2. The van der Waals surface area contributed by atoms with Gasteiger partial charge in [0.2, 0.25) is 0 Å². The first-order valence-electron chi connectivity index (χ1n) is 5.94. The second kappa shape index (κ2) is 5.14. The molecule has 0 spiro atoms. The first kappa shape index (κ1) is 13.1. The van der Waals surface area contributed by atoms with Gasteiger partial charge in [-0.3, -0.25) is 4.79 Å². The zero-order valence-electron chi connectivity index (χ0n) is 9.88. The number of phenols is 1. The summed E-state index contributed by atoms with van der Waals surface area (Å²) >= 11 is 5.90. The Kier molecular flexibility index (Phi) is 3.76. The summed E-state index contributed by atoms with van der Waals surface area (Å²) in [6, 6.07) is 3.80. The number of hydrogen-bond acceptors (Lipinski definition) is 2. The Hall–Kier alpha value is -1.29. The molecule has 0 aliphatic heterocycles. The van der Waals surface area contributed by atoms with Crippen molar-refractivity contribution in [2.24, 2.45) is 0 Å². The lowest BCUT2D eigenvalue weighted by molar-refractivity contribution is 0.0902. The molecule has 0 saturated heterocycles. The number of phenolic OH excluding ortho intramolecular Hbond substituents is 1. The monoisotopic (exact) mass is 271 g/mol. The van der Waals surface area contributed by atoms with Crippen LogP contribution in [-0.2, 0) is 0 Å². The number of nitrogens with one attached hydrogen (secondary N) is 1. The van der Waals surface area contributed by atoms with Crippen LogP contribution >= 0.6 is 11.6 Å². The predicted octanol–water partition coefficient (Wildman–Crippen LogP) is 2.81. The maximum absolute atomic E-state index is 13.5. The van der Waals surface area contributed by atoms with Crippen molar-refractivity contribution in [1.82, 2.24) is 5.32 Å². The minimum absolute atomic E-state index is 0.300. The van der Waals surface area contributed by atoms with Crippen molar-refractivity contribution in [1.29, 1.82) is 0 Å². The van der Waals surface area contributed by atoms with Crippen LogP contribution in [0.1, 0.15) is 36.0 Å². The Morgan fingerprint density at radius 1 is 1.44 bits per heavy atom. The highest BCUT2D eigenvalue weighted by atomic mass is 35.5. The lowest BCUT2D eigenvalue weighted by Gasteiger charge is -2.28. The number of benzene rings is 1. The normalized spacial score (nSPS) is 17.7. The molecule has 0 atom stereocenters. The topological polar surface area (TPSA) is 49.3 Å². The van der Waals surface area contributed by atoms with Crippen LogP contribution in [0.4, 0.5) is 4.39 Å². The molecule has 2 rings (SSSR count). The van der Waals surface area contributed by atoms with Crippen LogP contribution in [-0.4, -0.2) is 22.4 Å². The summed E-state index contributed by atoms with van der Waals surface area (Å²) in [7, 11) is 0. The molecule has 3 nitrogen and oxygen atoms in total. The quantitative estimate of drug-likeness (QED) is 0.831. The van der Waals surface area contributed by atoms with E-state index in [2.05, 4.69) is 5.32 Å². The molecular weight excluding hydrogens is 257 g/mol. The maximum Gasteiger partial charge on any atom is 0.258 e. The van der Waals surface area contributed by atoms with Crippen LogP contribution in [0.2, 0.25) is 0 Å². The predicted molar refractivity (Wildman–Crippen MR) is 67.5 cm³/mol. The number of halogens is 2. The lowest BCUT2D eigenvalue weighted by atomic mass is 9.99. The number of carbonyl (C=O) groups excluding carboxylic acids is 1. The Morgan fingerprint density at radius 3 is 2.67 bits per heavy atom. The number of alkyl halides is 1. The second-order valence-electron chi connectivity index (χ2n) is 4.71. The van der Waals surface area contributed by atoms with Gasteiger partial charge >= 0.3 is 0 Å². The van der Waals surface area contributed by atoms with Crippen LogP contribution in [0.3, 0.4) is 0 Å². The zero-order valence-corrected chi connectivity index (χ0v) is 10.6. The van der Waals surface area contributed by atoms with E-state index >= 15 is 0 Å². The third kappa shape index (κ3) is 2.43. The first-order valence-corrected chi connectivity index (χ1v) is 6.47. The molecule has 1 fully saturated rings. The van der Waals surface area contributed by atoms with Gasteiger partial charge < -0.3 is 10.4 Å². The third-order valence-electron chi connectivity index (χ3n) is 3.41. The van der Waals surface area contributed by atoms with E-state index in [0.29, 0.717) is 5.88 Å². The van der Waals surface area contributed by atoms with Crippen LogP contribution in [0, 0.1) is 5.82 Å². The van der Waals surface area contributed by atoms with Crippen molar-refractivity contribution in [2.75, 3.05) is 5.88 Å². The van der Waals surface area contributed by atoms with E-state index in [-0.39, 0.29) is 11.3 Å². The average molecular weight is 272 g/mol. The van der Waals surface area contributed by atoms with Crippen molar-refractivity contribution >= 4 is 17.5 Å². The summed E-state index contributed by atoms with van der Waals surface area (Å²) in [5.41, 5.74) is -0.776.